The monoisotopic (exact) mass is 463 g/mol. The quantitative estimate of drug-likeness (QED) is 0.554. The van der Waals surface area contributed by atoms with Crippen molar-refractivity contribution in [1.82, 2.24) is 9.80 Å². The largest absolute Gasteiger partial charge is 0.482 e. The lowest BCUT2D eigenvalue weighted by Crippen LogP contribution is -2.48. The zero-order valence-corrected chi connectivity index (χ0v) is 18.6. The third-order valence-electron chi connectivity index (χ3n) is 5.49. The molecule has 3 aromatic rings. The summed E-state index contributed by atoms with van der Waals surface area (Å²) < 4.78 is 11.2. The van der Waals surface area contributed by atoms with E-state index in [1.807, 2.05) is 24.3 Å². The topological polar surface area (TPSA) is 86.8 Å². The van der Waals surface area contributed by atoms with Gasteiger partial charge in [-0.05, 0) is 30.3 Å². The first-order valence-corrected chi connectivity index (χ1v) is 10.9. The predicted molar refractivity (Wildman–Crippen MR) is 123 cm³/mol. The molecular weight excluding hydrogens is 442 g/mol. The second-order valence-corrected chi connectivity index (χ2v) is 8.12. The van der Waals surface area contributed by atoms with Crippen molar-refractivity contribution in [2.24, 2.45) is 0 Å². The average Bonchev–Trinajstić information content (AvgIpc) is 2.84. The lowest BCUT2D eigenvalue weighted by Gasteiger charge is -2.34. The first-order chi connectivity index (χ1) is 16.0. The average molecular weight is 464 g/mol. The fraction of sp³-hybridized carbons (Fsp3) is 0.240. The van der Waals surface area contributed by atoms with Crippen LogP contribution in [-0.4, -0.2) is 41.9 Å². The molecule has 0 N–H and O–H groups in total. The second-order valence-electron chi connectivity index (χ2n) is 7.71. The predicted octanol–water partition coefficient (Wildman–Crippen LogP) is 3.70. The zero-order valence-electron chi connectivity index (χ0n) is 17.9. The van der Waals surface area contributed by atoms with Crippen molar-refractivity contribution < 1.29 is 13.9 Å². The number of nitriles is 1. The number of rotatable bonds is 6. The van der Waals surface area contributed by atoms with E-state index in [-0.39, 0.29) is 23.7 Å². The summed E-state index contributed by atoms with van der Waals surface area (Å²) in [6.45, 7) is 3.12. The Hall–Kier alpha value is -3.60. The Balaban J connectivity index is 1.29. The van der Waals surface area contributed by atoms with Crippen LogP contribution in [0.4, 0.5) is 0 Å². The van der Waals surface area contributed by atoms with Gasteiger partial charge in [0, 0.05) is 48.4 Å². The molecule has 2 aromatic carbocycles. The van der Waals surface area contributed by atoms with E-state index < -0.39 is 0 Å². The van der Waals surface area contributed by atoms with E-state index in [1.165, 1.54) is 12.3 Å². The maximum absolute atomic E-state index is 12.7. The number of benzene rings is 2. The number of amides is 1. The molecule has 1 saturated heterocycles. The third-order valence-corrected chi connectivity index (χ3v) is 5.86. The third kappa shape index (κ3) is 5.61. The highest BCUT2D eigenvalue weighted by atomic mass is 35.5. The van der Waals surface area contributed by atoms with Crippen LogP contribution >= 0.6 is 11.6 Å². The first-order valence-electron chi connectivity index (χ1n) is 10.5. The molecule has 8 heteroatoms. The summed E-state index contributed by atoms with van der Waals surface area (Å²) in [4.78, 5) is 29.0. The molecule has 4 rings (SSSR count). The number of carbonyl (C=O) groups excluding carboxylic acids is 1. The molecule has 0 saturated carbocycles. The molecule has 0 spiro atoms. The van der Waals surface area contributed by atoms with Gasteiger partial charge in [0.1, 0.15) is 18.6 Å². The van der Waals surface area contributed by atoms with E-state index in [0.29, 0.717) is 54.6 Å². The van der Waals surface area contributed by atoms with E-state index in [4.69, 9.17) is 26.0 Å². The van der Waals surface area contributed by atoms with Gasteiger partial charge < -0.3 is 14.1 Å². The van der Waals surface area contributed by atoms with E-state index >= 15 is 0 Å². The van der Waals surface area contributed by atoms with Crippen molar-refractivity contribution >= 4 is 17.5 Å². The van der Waals surface area contributed by atoms with Gasteiger partial charge in [-0.3, -0.25) is 14.5 Å². The molecule has 2 heterocycles. The maximum Gasteiger partial charge on any atom is 0.253 e. The molecule has 0 atom stereocenters. The fourth-order valence-corrected chi connectivity index (χ4v) is 3.79. The standard InChI is InChI=1S/C25H22ClN3O4/c26-22-4-2-1-3-20(22)16-33-24-17-32-21(13-23(24)30)15-28-9-11-29(12-10-28)25(31)19-7-5-18(14-27)6-8-19/h1-8,13,17H,9-12,15-16H2. The Bertz CT molecular complexity index is 1230. The number of hydrogen-bond donors (Lipinski definition) is 0. The maximum atomic E-state index is 12.7. The summed E-state index contributed by atoms with van der Waals surface area (Å²) in [6.07, 6.45) is 1.33. The molecule has 0 unspecified atom stereocenters. The number of carbonyl (C=O) groups is 1. The van der Waals surface area contributed by atoms with Gasteiger partial charge in [-0.15, -0.1) is 0 Å². The summed E-state index contributed by atoms with van der Waals surface area (Å²) >= 11 is 6.12. The van der Waals surface area contributed by atoms with Gasteiger partial charge in [0.05, 0.1) is 18.2 Å². The molecule has 33 heavy (non-hydrogen) atoms. The van der Waals surface area contributed by atoms with Crippen LogP contribution in [0.2, 0.25) is 5.02 Å². The van der Waals surface area contributed by atoms with E-state index in [1.54, 1.807) is 35.2 Å². The summed E-state index contributed by atoms with van der Waals surface area (Å²) in [5.41, 5.74) is 1.63. The Morgan fingerprint density at radius 3 is 2.48 bits per heavy atom. The Kier molecular flexibility index (Phi) is 7.08. The van der Waals surface area contributed by atoms with Crippen LogP contribution in [0.25, 0.3) is 0 Å². The molecule has 1 fully saturated rings. The van der Waals surface area contributed by atoms with Crippen LogP contribution < -0.4 is 10.2 Å². The van der Waals surface area contributed by atoms with Crippen molar-refractivity contribution in [3.8, 4) is 11.8 Å². The number of hydrogen-bond acceptors (Lipinski definition) is 6. The summed E-state index contributed by atoms with van der Waals surface area (Å²) in [6, 6.07) is 17.4. The highest BCUT2D eigenvalue weighted by molar-refractivity contribution is 6.31. The molecule has 1 amide bonds. The molecule has 1 aliphatic rings. The molecule has 7 nitrogen and oxygen atoms in total. The van der Waals surface area contributed by atoms with E-state index in [9.17, 15) is 9.59 Å². The van der Waals surface area contributed by atoms with E-state index in [0.717, 1.165) is 5.56 Å². The number of ether oxygens (including phenoxy) is 1. The second kappa shape index (κ2) is 10.3. The molecule has 0 aliphatic carbocycles. The molecule has 1 aliphatic heterocycles. The summed E-state index contributed by atoms with van der Waals surface area (Å²) in [5.74, 6) is 0.624. The Morgan fingerprint density at radius 2 is 1.82 bits per heavy atom. The fourth-order valence-electron chi connectivity index (χ4n) is 3.60. The van der Waals surface area contributed by atoms with Gasteiger partial charge in [0.25, 0.3) is 5.91 Å². The van der Waals surface area contributed by atoms with Gasteiger partial charge in [0.2, 0.25) is 11.2 Å². The van der Waals surface area contributed by atoms with Crippen LogP contribution in [0.15, 0.2) is 70.1 Å². The van der Waals surface area contributed by atoms with Crippen molar-refractivity contribution in [2.45, 2.75) is 13.2 Å². The highest BCUT2D eigenvalue weighted by Gasteiger charge is 2.23. The first kappa shape index (κ1) is 22.6. The van der Waals surface area contributed by atoms with Gasteiger partial charge in [-0.25, -0.2) is 0 Å². The molecule has 1 aromatic heterocycles. The summed E-state index contributed by atoms with van der Waals surface area (Å²) in [5, 5.41) is 9.47. The lowest BCUT2D eigenvalue weighted by atomic mass is 10.1. The van der Waals surface area contributed by atoms with Gasteiger partial charge in [-0.1, -0.05) is 29.8 Å². The van der Waals surface area contributed by atoms with Gasteiger partial charge in [0.15, 0.2) is 0 Å². The molecule has 0 radical (unpaired) electrons. The van der Waals surface area contributed by atoms with Crippen molar-refractivity contribution in [2.75, 3.05) is 26.2 Å². The smallest absolute Gasteiger partial charge is 0.253 e. The Labute approximate surface area is 196 Å². The Morgan fingerprint density at radius 1 is 1.09 bits per heavy atom. The zero-order chi connectivity index (χ0) is 23.2. The van der Waals surface area contributed by atoms with Gasteiger partial charge >= 0.3 is 0 Å². The van der Waals surface area contributed by atoms with E-state index in [2.05, 4.69) is 4.90 Å². The van der Waals surface area contributed by atoms with Crippen LogP contribution in [0.3, 0.4) is 0 Å². The SMILES string of the molecule is N#Cc1ccc(C(=O)N2CCN(Cc3cc(=O)c(OCc4ccccc4Cl)co3)CC2)cc1. The molecule has 0 bridgehead atoms. The number of nitrogens with zero attached hydrogens (tertiary/aromatic N) is 3. The van der Waals surface area contributed by atoms with Crippen LogP contribution in [-0.2, 0) is 13.2 Å². The van der Waals surface area contributed by atoms with Crippen LogP contribution in [0.1, 0.15) is 27.2 Å². The van der Waals surface area contributed by atoms with Crippen LogP contribution in [0.5, 0.6) is 5.75 Å². The van der Waals surface area contributed by atoms with Crippen molar-refractivity contribution in [3.05, 3.63) is 98.6 Å². The highest BCUT2D eigenvalue weighted by Crippen LogP contribution is 2.18. The minimum Gasteiger partial charge on any atom is -0.482 e. The molecule has 168 valence electrons. The number of piperazine rings is 1. The van der Waals surface area contributed by atoms with Crippen LogP contribution in [0, 0.1) is 11.3 Å². The van der Waals surface area contributed by atoms with Crippen molar-refractivity contribution in [3.63, 3.8) is 0 Å². The lowest BCUT2D eigenvalue weighted by molar-refractivity contribution is 0.0619. The van der Waals surface area contributed by atoms with Crippen molar-refractivity contribution in [1.29, 1.82) is 5.26 Å². The molecular formula is C25H22ClN3O4. The minimum atomic E-state index is -0.252. The summed E-state index contributed by atoms with van der Waals surface area (Å²) in [7, 11) is 0. The number of halogens is 1. The normalized spacial score (nSPS) is 14.0. The van der Waals surface area contributed by atoms with Gasteiger partial charge in [-0.2, -0.15) is 5.26 Å². The minimum absolute atomic E-state index is 0.0503.